The molecule has 2 N–H and O–H groups in total. The Morgan fingerprint density at radius 2 is 1.95 bits per heavy atom. The summed E-state index contributed by atoms with van der Waals surface area (Å²) >= 11 is 5.56. The van der Waals surface area contributed by atoms with E-state index in [0.717, 1.165) is 25.3 Å². The van der Waals surface area contributed by atoms with Crippen molar-refractivity contribution < 1.29 is 37.7 Å². The van der Waals surface area contributed by atoms with Crippen molar-refractivity contribution in [1.82, 2.24) is 0 Å². The second-order valence-corrected chi connectivity index (χ2v) is 4.06. The molecule has 0 aliphatic heterocycles. The molecule has 0 heterocycles. The highest BCUT2D eigenvalue weighted by Gasteiger charge is 2.32. The molecule has 0 radical (unpaired) electrons. The third-order valence-corrected chi connectivity index (χ3v) is 2.56. The summed E-state index contributed by atoms with van der Waals surface area (Å²) in [4.78, 5) is 11.0. The Kier molecular flexibility index (Phi) is 5.21. The van der Waals surface area contributed by atoms with E-state index in [2.05, 4.69) is 9.47 Å². The molecule has 0 fully saturated rings. The monoisotopic (exact) mass is 314 g/mol. The zero-order valence-corrected chi connectivity index (χ0v) is 10.8. The molecule has 0 saturated carbocycles. The first kappa shape index (κ1) is 16.5. The van der Waals surface area contributed by atoms with Crippen LogP contribution in [0.5, 0.6) is 5.75 Å². The highest BCUT2D eigenvalue weighted by atomic mass is 35.5. The van der Waals surface area contributed by atoms with Crippen LogP contribution >= 0.6 is 11.6 Å². The molecule has 0 aromatic heterocycles. The first-order valence-corrected chi connectivity index (χ1v) is 5.52. The second-order valence-electron chi connectivity index (χ2n) is 3.65. The van der Waals surface area contributed by atoms with E-state index in [4.69, 9.17) is 11.6 Å². The van der Waals surface area contributed by atoms with Crippen molar-refractivity contribution in [2.24, 2.45) is 0 Å². The van der Waals surface area contributed by atoms with E-state index in [0.29, 0.717) is 0 Å². The van der Waals surface area contributed by atoms with E-state index >= 15 is 0 Å². The Morgan fingerprint density at radius 3 is 2.40 bits per heavy atom. The van der Waals surface area contributed by atoms with Gasteiger partial charge in [0.15, 0.2) is 6.10 Å². The third kappa shape index (κ3) is 4.26. The lowest BCUT2D eigenvalue weighted by Crippen LogP contribution is -2.29. The van der Waals surface area contributed by atoms with Crippen LogP contribution in [0, 0.1) is 0 Å². The van der Waals surface area contributed by atoms with Crippen LogP contribution in [0.1, 0.15) is 11.7 Å². The van der Waals surface area contributed by atoms with Gasteiger partial charge in [-0.1, -0.05) is 17.7 Å². The van der Waals surface area contributed by atoms with Gasteiger partial charge in [0.1, 0.15) is 11.9 Å². The summed E-state index contributed by atoms with van der Waals surface area (Å²) in [6, 6.07) is 2.83. The lowest BCUT2D eigenvalue weighted by Gasteiger charge is -2.17. The first-order chi connectivity index (χ1) is 9.15. The van der Waals surface area contributed by atoms with Crippen LogP contribution in [0.25, 0.3) is 0 Å². The molecule has 5 nitrogen and oxygen atoms in total. The minimum Gasteiger partial charge on any atom is -0.467 e. The molecule has 0 bridgehead atoms. The lowest BCUT2D eigenvalue weighted by atomic mass is 10.0. The summed E-state index contributed by atoms with van der Waals surface area (Å²) in [7, 11) is 1.01. The van der Waals surface area contributed by atoms with Crippen LogP contribution in [0.4, 0.5) is 13.2 Å². The lowest BCUT2D eigenvalue weighted by molar-refractivity contribution is -0.274. The van der Waals surface area contributed by atoms with E-state index in [-0.39, 0.29) is 5.56 Å². The van der Waals surface area contributed by atoms with Gasteiger partial charge in [-0.3, -0.25) is 0 Å². The normalized spacial score (nSPS) is 14.6. The van der Waals surface area contributed by atoms with Crippen molar-refractivity contribution in [1.29, 1.82) is 0 Å². The van der Waals surface area contributed by atoms with Gasteiger partial charge in [-0.05, 0) is 17.7 Å². The van der Waals surface area contributed by atoms with Gasteiger partial charge in [0.2, 0.25) is 0 Å². The molecule has 2 unspecified atom stereocenters. The molecule has 20 heavy (non-hydrogen) atoms. The molecular weight excluding hydrogens is 305 g/mol. The van der Waals surface area contributed by atoms with E-state index in [1.54, 1.807) is 0 Å². The standard InChI is InChI=1S/C11H10ClF3O5/c1-19-10(18)9(17)8(16)5-2-3-7(6(12)4-5)20-11(13,14)15/h2-4,8-9,16-17H,1H3. The summed E-state index contributed by atoms with van der Waals surface area (Å²) in [6.07, 6.45) is -8.49. The molecule has 9 heteroatoms. The van der Waals surface area contributed by atoms with Crippen molar-refractivity contribution in [3.05, 3.63) is 28.8 Å². The number of methoxy groups -OCH3 is 1. The van der Waals surface area contributed by atoms with E-state index in [9.17, 15) is 28.2 Å². The number of alkyl halides is 3. The largest absolute Gasteiger partial charge is 0.573 e. The summed E-state index contributed by atoms with van der Waals surface area (Å²) in [5.74, 6) is -1.76. The van der Waals surface area contributed by atoms with Crippen LogP contribution < -0.4 is 4.74 Å². The number of aliphatic hydroxyl groups excluding tert-OH is 2. The minimum absolute atomic E-state index is 0.0672. The van der Waals surface area contributed by atoms with Crippen molar-refractivity contribution in [3.63, 3.8) is 0 Å². The van der Waals surface area contributed by atoms with Gasteiger partial charge in [0, 0.05) is 0 Å². The van der Waals surface area contributed by atoms with E-state index in [1.165, 1.54) is 0 Å². The fourth-order valence-corrected chi connectivity index (χ4v) is 1.57. The number of rotatable bonds is 4. The SMILES string of the molecule is COC(=O)C(O)C(O)c1ccc(OC(F)(F)F)c(Cl)c1. The number of benzene rings is 1. The smallest absolute Gasteiger partial charge is 0.467 e. The predicted molar refractivity (Wildman–Crippen MR) is 61.1 cm³/mol. The molecule has 1 rings (SSSR count). The van der Waals surface area contributed by atoms with E-state index in [1.807, 2.05) is 0 Å². The average molecular weight is 315 g/mol. The van der Waals surface area contributed by atoms with Crippen LogP contribution in [-0.4, -0.2) is 35.8 Å². The fraction of sp³-hybridized carbons (Fsp3) is 0.364. The molecule has 112 valence electrons. The maximum absolute atomic E-state index is 12.0. The summed E-state index contributed by atoms with van der Waals surface area (Å²) < 4.78 is 43.9. The van der Waals surface area contributed by atoms with Crippen LogP contribution in [0.3, 0.4) is 0 Å². The van der Waals surface area contributed by atoms with Gasteiger partial charge in [0.25, 0.3) is 0 Å². The molecule has 0 amide bonds. The van der Waals surface area contributed by atoms with Crippen molar-refractivity contribution in [2.45, 2.75) is 18.6 Å². The van der Waals surface area contributed by atoms with Gasteiger partial charge in [-0.2, -0.15) is 0 Å². The van der Waals surface area contributed by atoms with Crippen LogP contribution in [0.2, 0.25) is 5.02 Å². The quantitative estimate of drug-likeness (QED) is 0.829. The topological polar surface area (TPSA) is 76.0 Å². The summed E-state index contributed by atoms with van der Waals surface area (Å²) in [5, 5.41) is 18.6. The number of carbonyl (C=O) groups is 1. The molecule has 1 aromatic rings. The Morgan fingerprint density at radius 1 is 1.35 bits per heavy atom. The van der Waals surface area contributed by atoms with Crippen molar-refractivity contribution in [3.8, 4) is 5.75 Å². The van der Waals surface area contributed by atoms with Crippen LogP contribution in [-0.2, 0) is 9.53 Å². The maximum atomic E-state index is 12.0. The van der Waals surface area contributed by atoms with Gasteiger partial charge < -0.3 is 19.7 Å². The second kappa shape index (κ2) is 6.29. The molecule has 1 aromatic carbocycles. The Hall–Kier alpha value is -1.51. The Labute approximate surface area is 116 Å². The average Bonchev–Trinajstić information content (AvgIpc) is 2.37. The van der Waals surface area contributed by atoms with Crippen LogP contribution in [0.15, 0.2) is 18.2 Å². The highest BCUT2D eigenvalue weighted by Crippen LogP contribution is 2.32. The predicted octanol–water partition coefficient (Wildman–Crippen LogP) is 1.81. The third-order valence-electron chi connectivity index (χ3n) is 2.26. The van der Waals surface area contributed by atoms with Crippen molar-refractivity contribution in [2.75, 3.05) is 7.11 Å². The number of carbonyl (C=O) groups excluding carboxylic acids is 1. The van der Waals surface area contributed by atoms with Gasteiger partial charge >= 0.3 is 12.3 Å². The first-order valence-electron chi connectivity index (χ1n) is 5.15. The Bertz CT molecular complexity index is 491. The van der Waals surface area contributed by atoms with Crippen molar-refractivity contribution >= 4 is 17.6 Å². The number of aliphatic hydroxyl groups is 2. The molecule has 0 saturated heterocycles. The summed E-state index contributed by atoms with van der Waals surface area (Å²) in [6.45, 7) is 0. The summed E-state index contributed by atoms with van der Waals surface area (Å²) in [5.41, 5.74) is -0.0672. The zero-order valence-electron chi connectivity index (χ0n) is 10.0. The zero-order chi connectivity index (χ0) is 15.5. The molecular formula is C11H10ClF3O5. The number of esters is 1. The highest BCUT2D eigenvalue weighted by molar-refractivity contribution is 6.32. The maximum Gasteiger partial charge on any atom is 0.573 e. The number of ether oxygens (including phenoxy) is 2. The van der Waals surface area contributed by atoms with Gasteiger partial charge in [0.05, 0.1) is 12.1 Å². The minimum atomic E-state index is -4.91. The number of hydrogen-bond donors (Lipinski definition) is 2. The fourth-order valence-electron chi connectivity index (χ4n) is 1.34. The molecule has 2 atom stereocenters. The Balaban J connectivity index is 2.94. The molecule has 0 aliphatic carbocycles. The van der Waals surface area contributed by atoms with Gasteiger partial charge in [-0.15, -0.1) is 13.2 Å². The van der Waals surface area contributed by atoms with E-state index < -0.39 is 35.3 Å². The number of halogens is 4. The molecule has 0 spiro atoms. The molecule has 0 aliphatic rings. The van der Waals surface area contributed by atoms with Gasteiger partial charge in [-0.25, -0.2) is 4.79 Å². The number of hydrogen-bond acceptors (Lipinski definition) is 5.